The Labute approximate surface area is 275 Å². The van der Waals surface area contributed by atoms with Crippen LogP contribution in [0.3, 0.4) is 0 Å². The smallest absolute Gasteiger partial charge is 0.259 e. The molecule has 0 N–H and O–H groups in total. The maximum atomic E-state index is 13.2. The summed E-state index contributed by atoms with van der Waals surface area (Å²) in [6.07, 6.45) is 28.8. The van der Waals surface area contributed by atoms with Crippen LogP contribution in [0.25, 0.3) is 0 Å². The molecule has 7 heteroatoms. The van der Waals surface area contributed by atoms with Gasteiger partial charge in [0.05, 0.1) is 25.2 Å². The van der Waals surface area contributed by atoms with Crippen LogP contribution in [0.5, 0.6) is 0 Å². The lowest BCUT2D eigenvalue weighted by atomic mass is 10.0. The third-order valence-corrected chi connectivity index (χ3v) is 11.2. The number of carbonyl (C=O) groups is 1. The Hall–Kier alpha value is -0.730. The van der Waals surface area contributed by atoms with Crippen molar-refractivity contribution in [3.63, 3.8) is 0 Å². The zero-order valence-corrected chi connectivity index (χ0v) is 30.9. The van der Waals surface area contributed by atoms with Gasteiger partial charge in [0, 0.05) is 31.1 Å². The molecular weight excluding hydrogens is 565 g/mol. The molecule has 2 unspecified atom stereocenters. The van der Waals surface area contributed by atoms with Crippen LogP contribution in [0.1, 0.15) is 189 Å². The van der Waals surface area contributed by atoms with Crippen molar-refractivity contribution in [2.45, 2.75) is 213 Å². The SMILES string of the molecule is CCCCCCCCCCCCCCCCCCCCCC(=O)N1C[C@@H](OP(OCCC#N)N(C(C)C)C(C)C)CC1CC. The minimum Gasteiger partial charge on any atom is -0.337 e. The third kappa shape index (κ3) is 19.1. The monoisotopic (exact) mass is 638 g/mol. The molecule has 1 saturated heterocycles. The van der Waals surface area contributed by atoms with Gasteiger partial charge in [-0.15, -0.1) is 0 Å². The van der Waals surface area contributed by atoms with Crippen LogP contribution in [-0.4, -0.2) is 52.9 Å². The first-order valence-electron chi connectivity index (χ1n) is 18.9. The number of nitriles is 1. The van der Waals surface area contributed by atoms with Gasteiger partial charge >= 0.3 is 0 Å². The van der Waals surface area contributed by atoms with E-state index in [4.69, 9.17) is 14.3 Å². The van der Waals surface area contributed by atoms with Crippen molar-refractivity contribution in [2.75, 3.05) is 13.2 Å². The van der Waals surface area contributed by atoms with Crippen LogP contribution in [0.15, 0.2) is 0 Å². The normalized spacial score (nSPS) is 17.7. The van der Waals surface area contributed by atoms with Crippen molar-refractivity contribution in [3.8, 4) is 6.07 Å². The molecule has 0 aromatic rings. The molecule has 6 nitrogen and oxygen atoms in total. The summed E-state index contributed by atoms with van der Waals surface area (Å²) < 4.78 is 14.9. The summed E-state index contributed by atoms with van der Waals surface area (Å²) in [6, 6.07) is 2.97. The standard InChI is InChI=1S/C37H72N3O3P/c1-7-9-10-11-12-13-14-15-16-17-18-19-20-21-22-23-24-25-26-28-37(41)39-32-36(31-35(39)8-2)43-44(42-30-27-29-38)40(33(3)4)34(5)6/h33-36H,7-28,30-32H2,1-6H3/t35?,36-,44?/m0/s1. The van der Waals surface area contributed by atoms with E-state index in [2.05, 4.69) is 57.2 Å². The summed E-state index contributed by atoms with van der Waals surface area (Å²) in [5.74, 6) is 0.286. The third-order valence-electron chi connectivity index (χ3n) is 9.06. The first-order chi connectivity index (χ1) is 21.3. The van der Waals surface area contributed by atoms with Gasteiger partial charge in [-0.1, -0.05) is 129 Å². The Morgan fingerprint density at radius 2 is 1.25 bits per heavy atom. The zero-order chi connectivity index (χ0) is 32.4. The first-order valence-corrected chi connectivity index (χ1v) is 20.0. The van der Waals surface area contributed by atoms with Crippen molar-refractivity contribution in [1.29, 1.82) is 5.26 Å². The number of rotatable bonds is 29. The van der Waals surface area contributed by atoms with Crippen LogP contribution in [0.4, 0.5) is 0 Å². The number of likely N-dealkylation sites (tertiary alicyclic amines) is 1. The number of unbranched alkanes of at least 4 members (excludes halogenated alkanes) is 18. The molecule has 1 amide bonds. The Balaban J connectivity index is 2.17. The van der Waals surface area contributed by atoms with E-state index in [0.717, 1.165) is 25.7 Å². The van der Waals surface area contributed by atoms with Gasteiger partial charge in [-0.2, -0.15) is 5.26 Å². The van der Waals surface area contributed by atoms with Gasteiger partial charge in [0.15, 0.2) is 0 Å². The van der Waals surface area contributed by atoms with Gasteiger partial charge in [-0.05, 0) is 47.0 Å². The van der Waals surface area contributed by atoms with Crippen molar-refractivity contribution >= 4 is 14.4 Å². The highest BCUT2D eigenvalue weighted by Crippen LogP contribution is 2.48. The van der Waals surface area contributed by atoms with Crippen LogP contribution in [-0.2, 0) is 13.8 Å². The second-order valence-corrected chi connectivity index (χ2v) is 15.1. The fourth-order valence-corrected chi connectivity index (χ4v) is 8.28. The molecule has 0 saturated carbocycles. The van der Waals surface area contributed by atoms with Crippen molar-refractivity contribution in [2.24, 2.45) is 0 Å². The lowest BCUT2D eigenvalue weighted by Gasteiger charge is -2.36. The molecule has 1 rings (SSSR count). The van der Waals surface area contributed by atoms with Crippen LogP contribution >= 0.6 is 8.53 Å². The van der Waals surface area contributed by atoms with Gasteiger partial charge in [0.25, 0.3) is 8.53 Å². The summed E-state index contributed by atoms with van der Waals surface area (Å²) in [5.41, 5.74) is 0. The summed E-state index contributed by atoms with van der Waals surface area (Å²) >= 11 is 0. The quantitative estimate of drug-likeness (QED) is 0.0603. The molecule has 1 aliphatic rings. The zero-order valence-electron chi connectivity index (χ0n) is 30.0. The average molecular weight is 638 g/mol. The topological polar surface area (TPSA) is 65.8 Å². The summed E-state index contributed by atoms with van der Waals surface area (Å²) in [4.78, 5) is 15.3. The lowest BCUT2D eigenvalue weighted by molar-refractivity contribution is -0.132. The van der Waals surface area contributed by atoms with E-state index in [1.165, 1.54) is 109 Å². The van der Waals surface area contributed by atoms with Gasteiger partial charge in [0.1, 0.15) is 0 Å². The molecule has 1 fully saturated rings. The van der Waals surface area contributed by atoms with Crippen molar-refractivity contribution in [1.82, 2.24) is 9.57 Å². The molecular formula is C37H72N3O3P. The van der Waals surface area contributed by atoms with Crippen molar-refractivity contribution in [3.05, 3.63) is 0 Å². The molecule has 0 aliphatic carbocycles. The molecule has 0 aromatic carbocycles. The number of nitrogens with zero attached hydrogens (tertiary/aromatic N) is 3. The summed E-state index contributed by atoms with van der Waals surface area (Å²) in [5, 5.41) is 8.99. The van der Waals surface area contributed by atoms with E-state index in [1.807, 2.05) is 0 Å². The number of carbonyl (C=O) groups excluding carboxylic acids is 1. The second-order valence-electron chi connectivity index (χ2n) is 13.7. The minimum absolute atomic E-state index is 0.0118. The number of hydrogen-bond donors (Lipinski definition) is 0. The molecule has 0 spiro atoms. The second kappa shape index (κ2) is 27.4. The predicted octanol–water partition coefficient (Wildman–Crippen LogP) is 11.5. The molecule has 0 aromatic heterocycles. The van der Waals surface area contributed by atoms with Gasteiger partial charge < -0.3 is 13.9 Å². The molecule has 1 aliphatic heterocycles. The summed E-state index contributed by atoms with van der Waals surface area (Å²) in [6.45, 7) is 14.1. The highest BCUT2D eigenvalue weighted by Gasteiger charge is 2.38. The molecule has 1 heterocycles. The van der Waals surface area contributed by atoms with Crippen molar-refractivity contribution < 1.29 is 13.8 Å². The van der Waals surface area contributed by atoms with Gasteiger partial charge in [-0.25, -0.2) is 4.67 Å². The highest BCUT2D eigenvalue weighted by molar-refractivity contribution is 7.44. The van der Waals surface area contributed by atoms with Crippen LogP contribution in [0.2, 0.25) is 0 Å². The molecule has 0 radical (unpaired) electrons. The first kappa shape index (κ1) is 41.3. The van der Waals surface area contributed by atoms with E-state index >= 15 is 0 Å². The number of amides is 1. The highest BCUT2D eigenvalue weighted by atomic mass is 31.2. The Morgan fingerprint density at radius 1 is 0.795 bits per heavy atom. The van der Waals surface area contributed by atoms with E-state index < -0.39 is 8.53 Å². The predicted molar refractivity (Wildman–Crippen MR) is 189 cm³/mol. The minimum atomic E-state index is -1.28. The van der Waals surface area contributed by atoms with Crippen LogP contribution in [0, 0.1) is 11.3 Å². The van der Waals surface area contributed by atoms with E-state index in [1.54, 1.807) is 0 Å². The Bertz CT molecular complexity index is 721. The fraction of sp³-hybridized carbons (Fsp3) is 0.946. The van der Waals surface area contributed by atoms with E-state index in [9.17, 15) is 4.79 Å². The molecule has 258 valence electrons. The number of hydrogen-bond acceptors (Lipinski definition) is 5. The maximum Gasteiger partial charge on any atom is 0.259 e. The average Bonchev–Trinajstić information content (AvgIpc) is 3.41. The van der Waals surface area contributed by atoms with Gasteiger partial charge in [-0.3, -0.25) is 4.79 Å². The summed E-state index contributed by atoms with van der Waals surface area (Å²) in [7, 11) is -1.28. The molecule has 0 bridgehead atoms. The largest absolute Gasteiger partial charge is 0.337 e. The maximum absolute atomic E-state index is 13.2. The van der Waals surface area contributed by atoms with E-state index in [0.29, 0.717) is 26.0 Å². The lowest BCUT2D eigenvalue weighted by Crippen LogP contribution is -2.36. The molecule has 3 atom stereocenters. The Morgan fingerprint density at radius 3 is 1.66 bits per heavy atom. The fourth-order valence-electron chi connectivity index (χ4n) is 6.56. The van der Waals surface area contributed by atoms with E-state index in [-0.39, 0.29) is 30.1 Å². The van der Waals surface area contributed by atoms with Crippen LogP contribution < -0.4 is 0 Å². The molecule has 44 heavy (non-hydrogen) atoms. The Kier molecular flexibility index (Phi) is 25.7. The van der Waals surface area contributed by atoms with Gasteiger partial charge in [0.2, 0.25) is 5.91 Å².